The maximum absolute atomic E-state index is 13.3. The van der Waals surface area contributed by atoms with Gasteiger partial charge in [-0.25, -0.2) is 14.2 Å². The highest BCUT2D eigenvalue weighted by atomic mass is 35.5. The van der Waals surface area contributed by atoms with Crippen molar-refractivity contribution in [2.75, 3.05) is 13.2 Å². The Labute approximate surface area is 122 Å². The van der Waals surface area contributed by atoms with Crippen LogP contribution in [0.15, 0.2) is 16.6 Å². The minimum absolute atomic E-state index is 0.0506. The van der Waals surface area contributed by atoms with Crippen molar-refractivity contribution in [2.45, 2.75) is 0 Å². The zero-order valence-corrected chi connectivity index (χ0v) is 11.4. The summed E-state index contributed by atoms with van der Waals surface area (Å²) in [5.41, 5.74) is -0.953. The van der Waals surface area contributed by atoms with Gasteiger partial charge < -0.3 is 15.3 Å². The van der Waals surface area contributed by atoms with Crippen molar-refractivity contribution in [3.05, 3.63) is 33.3 Å². The van der Waals surface area contributed by atoms with Crippen LogP contribution in [0.2, 0.25) is 10.3 Å². The van der Waals surface area contributed by atoms with Gasteiger partial charge >= 0.3 is 5.97 Å². The standard InChI is InChI=1S/C11H9Cl2FN2O4/c12-9-5(3-7(14)10(13)16-9)8(18)6(11(19)20)4-15-1-2-17/h3-4,17-18H,1-2H2,(H,19,20). The van der Waals surface area contributed by atoms with Crippen LogP contribution in [-0.4, -0.2) is 45.6 Å². The Hall–Kier alpha value is -1.70. The van der Waals surface area contributed by atoms with E-state index in [-0.39, 0.29) is 23.9 Å². The van der Waals surface area contributed by atoms with E-state index in [0.717, 1.165) is 12.3 Å². The topological polar surface area (TPSA) is 103 Å². The summed E-state index contributed by atoms with van der Waals surface area (Å²) in [6.07, 6.45) is 0.830. The highest BCUT2D eigenvalue weighted by molar-refractivity contribution is 6.33. The first-order valence-corrected chi connectivity index (χ1v) is 5.93. The molecular formula is C11H9Cl2FN2O4. The molecule has 6 nitrogen and oxygen atoms in total. The van der Waals surface area contributed by atoms with Crippen LogP contribution in [0.3, 0.4) is 0 Å². The molecule has 0 bridgehead atoms. The number of rotatable bonds is 5. The number of aliphatic hydroxyl groups excluding tert-OH is 2. The van der Waals surface area contributed by atoms with E-state index in [1.807, 2.05) is 0 Å². The number of carboxylic acid groups (broad SMARTS) is 1. The predicted octanol–water partition coefficient (Wildman–Crippen LogP) is 1.94. The number of carbonyl (C=O) groups is 1. The SMILES string of the molecule is O=C(O)C(C=NCCO)=C(O)c1cc(F)c(Cl)nc1Cl. The number of aliphatic hydroxyl groups is 2. The molecule has 1 heterocycles. The molecule has 3 N–H and O–H groups in total. The molecule has 9 heteroatoms. The third-order valence-electron chi connectivity index (χ3n) is 2.08. The molecule has 0 aromatic carbocycles. The number of aliphatic imine (C=N–C) groups is 1. The Morgan fingerprint density at radius 3 is 2.60 bits per heavy atom. The van der Waals surface area contributed by atoms with E-state index < -0.39 is 28.3 Å². The number of pyridine rings is 1. The second-order valence-corrected chi connectivity index (χ2v) is 4.14. The van der Waals surface area contributed by atoms with E-state index in [4.69, 9.17) is 33.4 Å². The van der Waals surface area contributed by atoms with Gasteiger partial charge in [-0.15, -0.1) is 0 Å². The van der Waals surface area contributed by atoms with Crippen LogP contribution in [0.5, 0.6) is 0 Å². The largest absolute Gasteiger partial charge is 0.506 e. The Morgan fingerprint density at radius 2 is 2.05 bits per heavy atom. The van der Waals surface area contributed by atoms with Crippen LogP contribution in [0.25, 0.3) is 5.76 Å². The average molecular weight is 323 g/mol. The molecule has 0 saturated heterocycles. The minimum Gasteiger partial charge on any atom is -0.506 e. The maximum Gasteiger partial charge on any atom is 0.341 e. The fourth-order valence-electron chi connectivity index (χ4n) is 1.19. The molecular weight excluding hydrogens is 314 g/mol. The van der Waals surface area contributed by atoms with Crippen molar-refractivity contribution in [3.8, 4) is 0 Å². The second kappa shape index (κ2) is 7.18. The lowest BCUT2D eigenvalue weighted by molar-refractivity contribution is -0.132. The fourth-order valence-corrected chi connectivity index (χ4v) is 1.60. The number of aromatic nitrogens is 1. The first-order valence-electron chi connectivity index (χ1n) is 5.17. The Kier molecular flexibility index (Phi) is 5.87. The normalized spacial score (nSPS) is 12.6. The van der Waals surface area contributed by atoms with Crippen LogP contribution in [0.4, 0.5) is 4.39 Å². The summed E-state index contributed by atoms with van der Waals surface area (Å²) < 4.78 is 13.3. The lowest BCUT2D eigenvalue weighted by atomic mass is 10.1. The molecule has 0 atom stereocenters. The van der Waals surface area contributed by atoms with Crippen LogP contribution < -0.4 is 0 Å². The number of hydrogen-bond donors (Lipinski definition) is 3. The van der Waals surface area contributed by atoms with Crippen LogP contribution >= 0.6 is 23.2 Å². The summed E-state index contributed by atoms with van der Waals surface area (Å²) in [5, 5.41) is 26.5. The summed E-state index contributed by atoms with van der Waals surface area (Å²) in [6, 6.07) is 0.760. The molecule has 0 saturated carbocycles. The van der Waals surface area contributed by atoms with Gasteiger partial charge in [0.1, 0.15) is 16.5 Å². The molecule has 20 heavy (non-hydrogen) atoms. The maximum atomic E-state index is 13.3. The Balaban J connectivity index is 3.35. The van der Waals surface area contributed by atoms with Gasteiger partial charge in [-0.1, -0.05) is 23.2 Å². The first kappa shape index (κ1) is 16.4. The monoisotopic (exact) mass is 322 g/mol. The van der Waals surface area contributed by atoms with Crippen LogP contribution in [0, 0.1) is 5.82 Å². The summed E-state index contributed by atoms with van der Waals surface area (Å²) >= 11 is 11.1. The Morgan fingerprint density at radius 1 is 1.40 bits per heavy atom. The van der Waals surface area contributed by atoms with Crippen LogP contribution in [-0.2, 0) is 4.79 Å². The van der Waals surface area contributed by atoms with E-state index in [0.29, 0.717) is 0 Å². The van der Waals surface area contributed by atoms with Crippen molar-refractivity contribution in [1.82, 2.24) is 4.98 Å². The molecule has 108 valence electrons. The van der Waals surface area contributed by atoms with E-state index in [9.17, 15) is 14.3 Å². The zero-order chi connectivity index (χ0) is 15.3. The van der Waals surface area contributed by atoms with Gasteiger partial charge in [0.25, 0.3) is 0 Å². The summed E-state index contributed by atoms with van der Waals surface area (Å²) in [6.45, 7) is -0.340. The van der Waals surface area contributed by atoms with Gasteiger partial charge in [-0.05, 0) is 6.07 Å². The molecule has 0 unspecified atom stereocenters. The fraction of sp³-hybridized carbons (Fsp3) is 0.182. The van der Waals surface area contributed by atoms with Crippen molar-refractivity contribution in [1.29, 1.82) is 0 Å². The van der Waals surface area contributed by atoms with E-state index in [1.54, 1.807) is 0 Å². The van der Waals surface area contributed by atoms with E-state index in [1.165, 1.54) is 0 Å². The van der Waals surface area contributed by atoms with Crippen LogP contribution in [0.1, 0.15) is 5.56 Å². The van der Waals surface area contributed by atoms with Gasteiger partial charge in [-0.2, -0.15) is 0 Å². The third kappa shape index (κ3) is 3.89. The van der Waals surface area contributed by atoms with Crippen molar-refractivity contribution >= 4 is 41.1 Å². The number of nitrogens with zero attached hydrogens (tertiary/aromatic N) is 2. The van der Waals surface area contributed by atoms with Gasteiger partial charge in [0, 0.05) is 6.21 Å². The molecule has 0 amide bonds. The molecule has 1 rings (SSSR count). The number of halogens is 3. The van der Waals surface area contributed by atoms with Crippen molar-refractivity contribution < 1.29 is 24.5 Å². The molecule has 0 spiro atoms. The second-order valence-electron chi connectivity index (χ2n) is 3.43. The molecule has 0 aliphatic rings. The lowest BCUT2D eigenvalue weighted by Crippen LogP contribution is -2.07. The summed E-state index contributed by atoms with van der Waals surface area (Å²) in [4.78, 5) is 18.0. The van der Waals surface area contributed by atoms with Gasteiger partial charge in [0.05, 0.1) is 18.7 Å². The van der Waals surface area contributed by atoms with Gasteiger partial charge in [0.15, 0.2) is 11.0 Å². The average Bonchev–Trinajstić information content (AvgIpc) is 2.38. The number of aliphatic carboxylic acids is 1. The highest BCUT2D eigenvalue weighted by Gasteiger charge is 2.19. The molecule has 0 aliphatic carbocycles. The number of carboxylic acids is 1. The molecule has 0 fully saturated rings. The Bertz CT molecular complexity index is 590. The third-order valence-corrected chi connectivity index (χ3v) is 2.63. The van der Waals surface area contributed by atoms with E-state index >= 15 is 0 Å². The van der Waals surface area contributed by atoms with Crippen molar-refractivity contribution in [2.24, 2.45) is 4.99 Å². The highest BCUT2D eigenvalue weighted by Crippen LogP contribution is 2.26. The quantitative estimate of drug-likeness (QED) is 0.333. The summed E-state index contributed by atoms with van der Waals surface area (Å²) in [5.74, 6) is -3.28. The minimum atomic E-state index is -1.50. The lowest BCUT2D eigenvalue weighted by Gasteiger charge is -2.06. The summed E-state index contributed by atoms with van der Waals surface area (Å²) in [7, 11) is 0. The van der Waals surface area contributed by atoms with Gasteiger partial charge in [-0.3, -0.25) is 4.99 Å². The number of hydrogen-bond acceptors (Lipinski definition) is 5. The molecule has 0 aliphatic heterocycles. The zero-order valence-electron chi connectivity index (χ0n) is 9.85. The smallest absolute Gasteiger partial charge is 0.341 e. The van der Waals surface area contributed by atoms with Crippen molar-refractivity contribution in [3.63, 3.8) is 0 Å². The molecule has 1 aromatic rings. The molecule has 1 aromatic heterocycles. The predicted molar refractivity (Wildman–Crippen MR) is 71.8 cm³/mol. The molecule has 0 radical (unpaired) electrons. The van der Waals surface area contributed by atoms with E-state index in [2.05, 4.69) is 9.98 Å². The van der Waals surface area contributed by atoms with Gasteiger partial charge in [0.2, 0.25) is 0 Å². The first-order chi connectivity index (χ1) is 9.38.